The molecule has 0 aliphatic rings. The maximum absolute atomic E-state index is 6.07. The maximum atomic E-state index is 6.07. The van der Waals surface area contributed by atoms with Gasteiger partial charge in [0.05, 0.1) is 18.4 Å². The topological polar surface area (TPSA) is 84.0 Å². The minimum Gasteiger partial charge on any atom is -0.397 e. The Labute approximate surface area is 119 Å². The molecule has 0 radical (unpaired) electrons. The quantitative estimate of drug-likeness (QED) is 0.575. The maximum Gasteiger partial charge on any atom is 0.0617 e. The number of hydrogen-bond donors (Lipinski definition) is 3. The minimum atomic E-state index is 0.515. The third-order valence-corrected chi connectivity index (χ3v) is 3.14. The normalized spacial score (nSPS) is 11.9. The van der Waals surface area contributed by atoms with Gasteiger partial charge in [0.2, 0.25) is 0 Å². The van der Waals surface area contributed by atoms with Gasteiger partial charge >= 0.3 is 0 Å². The van der Waals surface area contributed by atoms with Crippen molar-refractivity contribution in [2.24, 2.45) is 11.6 Å². The van der Waals surface area contributed by atoms with Crippen LogP contribution in [0.3, 0.4) is 0 Å². The van der Waals surface area contributed by atoms with E-state index in [2.05, 4.69) is 36.2 Å². The minimum absolute atomic E-state index is 0.515. The van der Waals surface area contributed by atoms with Crippen LogP contribution in [0.4, 0.5) is 0 Å². The molecule has 0 unspecified atom stereocenters. The molecule has 0 bridgehead atoms. The highest BCUT2D eigenvalue weighted by Gasteiger charge is 2.03. The first-order valence-electron chi connectivity index (χ1n) is 6.63. The van der Waals surface area contributed by atoms with Crippen LogP contribution in [0.1, 0.15) is 36.5 Å². The molecule has 0 aliphatic heterocycles. The van der Waals surface area contributed by atoms with Gasteiger partial charge in [0.1, 0.15) is 0 Å². The number of nitrogens with one attached hydrogen (secondary N) is 1. The van der Waals surface area contributed by atoms with Gasteiger partial charge < -0.3 is 10.7 Å². The van der Waals surface area contributed by atoms with Crippen molar-refractivity contribution in [1.29, 1.82) is 0 Å². The molecule has 0 spiro atoms. The van der Waals surface area contributed by atoms with Crippen LogP contribution in [-0.4, -0.2) is 15.2 Å². The van der Waals surface area contributed by atoms with E-state index in [9.17, 15) is 0 Å². The van der Waals surface area contributed by atoms with Crippen molar-refractivity contribution < 1.29 is 0 Å². The molecule has 20 heavy (non-hydrogen) atoms. The Bertz CT molecular complexity index is 554. The average molecular weight is 271 g/mol. The molecule has 5 N–H and O–H groups in total. The Morgan fingerprint density at radius 1 is 1.35 bits per heavy atom. The van der Waals surface area contributed by atoms with Gasteiger partial charge in [0.15, 0.2) is 0 Å². The zero-order chi connectivity index (χ0) is 14.5. The van der Waals surface area contributed by atoms with E-state index >= 15 is 0 Å². The highest BCUT2D eigenvalue weighted by atomic mass is 15.4. The van der Waals surface area contributed by atoms with E-state index in [-0.39, 0.29) is 0 Å². The molecule has 0 amide bonds. The lowest BCUT2D eigenvalue weighted by atomic mass is 10.0. The second-order valence-electron chi connectivity index (χ2n) is 5.14. The van der Waals surface area contributed by atoms with Crippen LogP contribution in [0.5, 0.6) is 0 Å². The summed E-state index contributed by atoms with van der Waals surface area (Å²) < 4.78 is 0. The van der Waals surface area contributed by atoms with E-state index in [1.165, 1.54) is 5.56 Å². The average Bonchev–Trinajstić information content (AvgIpc) is 2.91. The number of nitrogens with two attached hydrogens (primary N) is 2. The molecule has 0 fully saturated rings. The predicted molar refractivity (Wildman–Crippen MR) is 81.0 cm³/mol. The van der Waals surface area contributed by atoms with Crippen molar-refractivity contribution in [2.75, 3.05) is 0 Å². The zero-order valence-corrected chi connectivity index (χ0v) is 11.9. The summed E-state index contributed by atoms with van der Waals surface area (Å²) in [5.41, 5.74) is 9.98. The lowest BCUT2D eigenvalue weighted by molar-refractivity contribution is 0.388. The SMILES string of the molecule is CC(C)c1ccc(/C(N)=C/N(N)Cc2cn[nH]c2)cc1. The first-order chi connectivity index (χ1) is 9.56. The van der Waals surface area contributed by atoms with Gasteiger partial charge in [-0.15, -0.1) is 0 Å². The van der Waals surface area contributed by atoms with E-state index in [1.54, 1.807) is 23.6 Å². The van der Waals surface area contributed by atoms with Gasteiger partial charge in [-0.3, -0.25) is 5.10 Å². The number of aromatic amines is 1. The molecule has 1 heterocycles. The van der Waals surface area contributed by atoms with E-state index in [0.717, 1.165) is 11.1 Å². The predicted octanol–water partition coefficient (Wildman–Crippen LogP) is 2.17. The molecule has 106 valence electrons. The van der Waals surface area contributed by atoms with Crippen molar-refractivity contribution in [3.63, 3.8) is 0 Å². The monoisotopic (exact) mass is 271 g/mol. The Hall–Kier alpha value is -2.27. The number of rotatable bonds is 5. The third kappa shape index (κ3) is 3.61. The van der Waals surface area contributed by atoms with Gasteiger partial charge in [-0.05, 0) is 17.0 Å². The van der Waals surface area contributed by atoms with Crippen LogP contribution in [-0.2, 0) is 6.54 Å². The van der Waals surface area contributed by atoms with Gasteiger partial charge in [-0.1, -0.05) is 38.1 Å². The summed E-state index contributed by atoms with van der Waals surface area (Å²) >= 11 is 0. The van der Waals surface area contributed by atoms with Crippen molar-refractivity contribution in [3.8, 4) is 0 Å². The molecule has 1 aromatic heterocycles. The fourth-order valence-electron chi connectivity index (χ4n) is 1.93. The standard InChI is InChI=1S/C15H21N5/c1-11(2)13-3-5-14(6-4-13)15(16)10-20(17)9-12-7-18-19-8-12/h3-8,10-11H,9,16-17H2,1-2H3,(H,18,19)/b15-10-. The zero-order valence-electron chi connectivity index (χ0n) is 11.9. The van der Waals surface area contributed by atoms with Crippen LogP contribution in [0.15, 0.2) is 42.9 Å². The largest absolute Gasteiger partial charge is 0.397 e. The first kappa shape index (κ1) is 14.1. The highest BCUT2D eigenvalue weighted by Crippen LogP contribution is 2.17. The molecule has 5 nitrogen and oxygen atoms in total. The van der Waals surface area contributed by atoms with Gasteiger partial charge in [0, 0.05) is 18.0 Å². The van der Waals surface area contributed by atoms with E-state index < -0.39 is 0 Å². The number of H-pyrrole nitrogens is 1. The van der Waals surface area contributed by atoms with Crippen LogP contribution >= 0.6 is 0 Å². The summed E-state index contributed by atoms with van der Waals surface area (Å²) in [6, 6.07) is 8.23. The number of hydrazine groups is 1. The molecule has 5 heteroatoms. The highest BCUT2D eigenvalue weighted by molar-refractivity contribution is 5.62. The molecular weight excluding hydrogens is 250 g/mol. The Morgan fingerprint density at radius 3 is 2.60 bits per heavy atom. The smallest absolute Gasteiger partial charge is 0.0617 e. The molecule has 0 atom stereocenters. The molecule has 1 aromatic carbocycles. The second-order valence-corrected chi connectivity index (χ2v) is 5.14. The summed E-state index contributed by atoms with van der Waals surface area (Å²) in [6.45, 7) is 4.89. The fraction of sp³-hybridized carbons (Fsp3) is 0.267. The second kappa shape index (κ2) is 6.25. The van der Waals surface area contributed by atoms with Crippen molar-refractivity contribution in [2.45, 2.75) is 26.3 Å². The van der Waals surface area contributed by atoms with Crippen molar-refractivity contribution in [3.05, 3.63) is 59.5 Å². The molecule has 2 aromatic rings. The summed E-state index contributed by atoms with van der Waals surface area (Å²) in [4.78, 5) is 0. The first-order valence-corrected chi connectivity index (χ1v) is 6.63. The number of hydrogen-bond acceptors (Lipinski definition) is 4. The molecule has 0 saturated heterocycles. The van der Waals surface area contributed by atoms with Crippen LogP contribution < -0.4 is 11.6 Å². The number of aromatic nitrogens is 2. The summed E-state index contributed by atoms with van der Waals surface area (Å²) in [5, 5.41) is 8.18. The van der Waals surface area contributed by atoms with Crippen LogP contribution in [0.25, 0.3) is 5.70 Å². The van der Waals surface area contributed by atoms with Crippen molar-refractivity contribution >= 4 is 5.70 Å². The molecule has 0 aliphatic carbocycles. The van der Waals surface area contributed by atoms with Crippen LogP contribution in [0, 0.1) is 0 Å². The lowest BCUT2D eigenvalue weighted by Crippen LogP contribution is -2.25. The summed E-state index contributed by atoms with van der Waals surface area (Å²) in [7, 11) is 0. The van der Waals surface area contributed by atoms with Gasteiger partial charge in [0.25, 0.3) is 0 Å². The Morgan fingerprint density at radius 2 is 2.05 bits per heavy atom. The summed E-state index contributed by atoms with van der Waals surface area (Å²) in [5.74, 6) is 6.43. The van der Waals surface area contributed by atoms with E-state index in [0.29, 0.717) is 18.2 Å². The number of nitrogens with zero attached hydrogens (tertiary/aromatic N) is 2. The van der Waals surface area contributed by atoms with Gasteiger partial charge in [-0.25, -0.2) is 5.84 Å². The lowest BCUT2D eigenvalue weighted by Gasteiger charge is -2.14. The summed E-state index contributed by atoms with van der Waals surface area (Å²) in [6.07, 6.45) is 5.28. The number of benzene rings is 1. The molecule has 2 rings (SSSR count). The van der Waals surface area contributed by atoms with Crippen molar-refractivity contribution in [1.82, 2.24) is 15.2 Å². The van der Waals surface area contributed by atoms with Crippen LogP contribution in [0.2, 0.25) is 0 Å². The Kier molecular flexibility index (Phi) is 4.42. The Balaban J connectivity index is 2.05. The van der Waals surface area contributed by atoms with E-state index in [4.69, 9.17) is 11.6 Å². The van der Waals surface area contributed by atoms with E-state index in [1.807, 2.05) is 12.1 Å². The molecular formula is C15H21N5. The van der Waals surface area contributed by atoms with Gasteiger partial charge in [-0.2, -0.15) is 5.10 Å². The third-order valence-electron chi connectivity index (χ3n) is 3.14. The fourth-order valence-corrected chi connectivity index (χ4v) is 1.93. The molecule has 0 saturated carbocycles.